The summed E-state index contributed by atoms with van der Waals surface area (Å²) in [5.41, 5.74) is 6.07. The van der Waals surface area contributed by atoms with Crippen LogP contribution in [0.15, 0.2) is 114 Å². The average molecular weight is 448 g/mol. The molecule has 0 spiro atoms. The van der Waals surface area contributed by atoms with E-state index in [1.165, 1.54) is 49.4 Å². The van der Waals surface area contributed by atoms with E-state index in [1.54, 1.807) is 0 Å². The molecule has 0 radical (unpaired) electrons. The predicted molar refractivity (Wildman–Crippen MR) is 131 cm³/mol. The van der Waals surface area contributed by atoms with Gasteiger partial charge in [-0.15, -0.1) is 0 Å². The first kappa shape index (κ1) is 17.5. The van der Waals surface area contributed by atoms with Crippen molar-refractivity contribution in [2.45, 2.75) is 0 Å². The van der Waals surface area contributed by atoms with Gasteiger partial charge in [0.15, 0.2) is 0 Å². The Bertz CT molecular complexity index is 1560. The van der Waals surface area contributed by atoms with Crippen molar-refractivity contribution in [3.63, 3.8) is 0 Å². The molecule has 0 aliphatic carbocycles. The maximum atomic E-state index is 3.61. The van der Waals surface area contributed by atoms with E-state index in [4.69, 9.17) is 0 Å². The lowest BCUT2D eigenvalue weighted by Crippen LogP contribution is -1.94. The fourth-order valence-corrected chi connectivity index (χ4v) is 4.81. The highest BCUT2D eigenvalue weighted by Gasteiger charge is 2.13. The lowest BCUT2D eigenvalue weighted by Gasteiger charge is -2.10. The summed E-state index contributed by atoms with van der Waals surface area (Å²) in [6.07, 6.45) is 0. The SMILES string of the molecule is Brc1cccc(-c2ccc3c4ccccc4n(-c4ccc5ccccc5c4)c3c2)c1. The number of para-hydroxylation sites is 1. The van der Waals surface area contributed by atoms with Crippen LogP contribution < -0.4 is 0 Å². The largest absolute Gasteiger partial charge is 0.309 e. The van der Waals surface area contributed by atoms with E-state index in [0.29, 0.717) is 0 Å². The van der Waals surface area contributed by atoms with Crippen molar-refractivity contribution in [2.24, 2.45) is 0 Å². The molecule has 6 rings (SSSR count). The predicted octanol–water partition coefficient (Wildman–Crippen LogP) is 8.37. The fourth-order valence-electron chi connectivity index (χ4n) is 4.41. The number of hydrogen-bond donors (Lipinski definition) is 0. The van der Waals surface area contributed by atoms with Crippen LogP contribution in [0.2, 0.25) is 0 Å². The van der Waals surface area contributed by atoms with Gasteiger partial charge in [-0.25, -0.2) is 0 Å². The maximum absolute atomic E-state index is 3.61. The molecule has 142 valence electrons. The van der Waals surface area contributed by atoms with Gasteiger partial charge < -0.3 is 4.57 Å². The third kappa shape index (κ3) is 2.76. The fraction of sp³-hybridized carbons (Fsp3) is 0. The first-order valence-electron chi connectivity index (χ1n) is 10.1. The molecule has 5 aromatic carbocycles. The van der Waals surface area contributed by atoms with E-state index in [2.05, 4.69) is 130 Å². The molecule has 1 nitrogen and oxygen atoms in total. The first-order chi connectivity index (χ1) is 14.8. The molecule has 0 unspecified atom stereocenters. The van der Waals surface area contributed by atoms with Crippen molar-refractivity contribution in [3.8, 4) is 16.8 Å². The highest BCUT2D eigenvalue weighted by molar-refractivity contribution is 9.10. The van der Waals surface area contributed by atoms with Crippen molar-refractivity contribution in [3.05, 3.63) is 114 Å². The van der Waals surface area contributed by atoms with Crippen molar-refractivity contribution < 1.29 is 0 Å². The molecule has 0 aliphatic heterocycles. The second kappa shape index (κ2) is 6.86. The van der Waals surface area contributed by atoms with Gasteiger partial charge in [0.1, 0.15) is 0 Å². The molecular weight excluding hydrogens is 430 g/mol. The Morgan fingerprint density at radius 2 is 1.27 bits per heavy atom. The van der Waals surface area contributed by atoms with Gasteiger partial charge in [-0.1, -0.05) is 88.7 Å². The van der Waals surface area contributed by atoms with E-state index in [-0.39, 0.29) is 0 Å². The van der Waals surface area contributed by atoms with Gasteiger partial charge >= 0.3 is 0 Å². The summed E-state index contributed by atoms with van der Waals surface area (Å²) in [6, 6.07) is 39.2. The zero-order valence-electron chi connectivity index (χ0n) is 16.2. The van der Waals surface area contributed by atoms with Crippen molar-refractivity contribution in [2.75, 3.05) is 0 Å². The van der Waals surface area contributed by atoms with Gasteiger partial charge in [-0.05, 0) is 58.3 Å². The lowest BCUT2D eigenvalue weighted by molar-refractivity contribution is 1.19. The average Bonchev–Trinajstić information content (AvgIpc) is 3.12. The molecule has 0 amide bonds. The van der Waals surface area contributed by atoms with Gasteiger partial charge in [0.25, 0.3) is 0 Å². The summed E-state index contributed by atoms with van der Waals surface area (Å²) < 4.78 is 3.48. The van der Waals surface area contributed by atoms with Gasteiger partial charge in [0, 0.05) is 20.9 Å². The van der Waals surface area contributed by atoms with Crippen LogP contribution in [0, 0.1) is 0 Å². The number of benzene rings is 5. The molecule has 2 heteroatoms. The van der Waals surface area contributed by atoms with Crippen molar-refractivity contribution >= 4 is 48.5 Å². The monoisotopic (exact) mass is 447 g/mol. The van der Waals surface area contributed by atoms with E-state index in [0.717, 1.165) is 4.47 Å². The Labute approximate surface area is 183 Å². The molecule has 6 aromatic rings. The topological polar surface area (TPSA) is 4.93 Å². The van der Waals surface area contributed by atoms with Crippen LogP contribution in [0.3, 0.4) is 0 Å². The minimum atomic E-state index is 1.09. The van der Waals surface area contributed by atoms with E-state index in [9.17, 15) is 0 Å². The maximum Gasteiger partial charge on any atom is 0.0547 e. The number of rotatable bonds is 2. The second-order valence-electron chi connectivity index (χ2n) is 7.63. The lowest BCUT2D eigenvalue weighted by atomic mass is 10.0. The quantitative estimate of drug-likeness (QED) is 0.251. The summed E-state index contributed by atoms with van der Waals surface area (Å²) in [5, 5.41) is 5.07. The molecule has 0 saturated carbocycles. The van der Waals surface area contributed by atoms with Crippen LogP contribution in [0.1, 0.15) is 0 Å². The standard InChI is InChI=1S/C28H18BrN/c29-23-9-5-8-20(16-23)22-13-15-26-25-10-3-4-11-27(25)30(28(26)18-22)24-14-12-19-6-1-2-7-21(19)17-24/h1-18H. The van der Waals surface area contributed by atoms with Crippen LogP contribution in [0.25, 0.3) is 49.4 Å². The van der Waals surface area contributed by atoms with E-state index in [1.807, 2.05) is 0 Å². The number of aromatic nitrogens is 1. The van der Waals surface area contributed by atoms with Gasteiger partial charge in [-0.3, -0.25) is 0 Å². The molecule has 0 saturated heterocycles. The van der Waals surface area contributed by atoms with Crippen LogP contribution in [0.5, 0.6) is 0 Å². The highest BCUT2D eigenvalue weighted by atomic mass is 79.9. The van der Waals surface area contributed by atoms with Crippen LogP contribution >= 0.6 is 15.9 Å². The normalized spacial score (nSPS) is 11.5. The zero-order valence-corrected chi connectivity index (χ0v) is 17.8. The first-order valence-corrected chi connectivity index (χ1v) is 10.9. The molecule has 0 atom stereocenters. The summed E-state index contributed by atoms with van der Waals surface area (Å²) >= 11 is 3.61. The Hall–Kier alpha value is -3.36. The molecule has 0 bridgehead atoms. The number of hydrogen-bond acceptors (Lipinski definition) is 0. The summed E-state index contributed by atoms with van der Waals surface area (Å²) in [4.78, 5) is 0. The van der Waals surface area contributed by atoms with Crippen LogP contribution in [0.4, 0.5) is 0 Å². The molecule has 1 aromatic heterocycles. The minimum absolute atomic E-state index is 1.09. The van der Waals surface area contributed by atoms with Crippen LogP contribution in [-0.2, 0) is 0 Å². The molecular formula is C28H18BrN. The third-order valence-electron chi connectivity index (χ3n) is 5.82. The van der Waals surface area contributed by atoms with Crippen molar-refractivity contribution in [1.29, 1.82) is 0 Å². The molecule has 0 aliphatic rings. The van der Waals surface area contributed by atoms with Crippen LogP contribution in [-0.4, -0.2) is 4.57 Å². The van der Waals surface area contributed by atoms with E-state index < -0.39 is 0 Å². The van der Waals surface area contributed by atoms with E-state index >= 15 is 0 Å². The Morgan fingerprint density at radius 1 is 0.500 bits per heavy atom. The third-order valence-corrected chi connectivity index (χ3v) is 6.32. The Balaban J connectivity index is 1.68. The highest BCUT2D eigenvalue weighted by Crippen LogP contribution is 2.35. The molecule has 0 N–H and O–H groups in total. The summed E-state index contributed by atoms with van der Waals surface area (Å²) in [6.45, 7) is 0. The van der Waals surface area contributed by atoms with Gasteiger partial charge in [-0.2, -0.15) is 0 Å². The Kier molecular flexibility index (Phi) is 4.00. The zero-order chi connectivity index (χ0) is 20.1. The summed E-state index contributed by atoms with van der Waals surface area (Å²) in [7, 11) is 0. The molecule has 30 heavy (non-hydrogen) atoms. The second-order valence-corrected chi connectivity index (χ2v) is 8.54. The number of nitrogens with zero attached hydrogens (tertiary/aromatic N) is 1. The number of fused-ring (bicyclic) bond motifs is 4. The number of halogens is 1. The molecule has 1 heterocycles. The Morgan fingerprint density at radius 3 is 2.17 bits per heavy atom. The van der Waals surface area contributed by atoms with Crippen molar-refractivity contribution in [1.82, 2.24) is 4.57 Å². The molecule has 0 fully saturated rings. The minimum Gasteiger partial charge on any atom is -0.309 e. The summed E-state index contributed by atoms with van der Waals surface area (Å²) in [5.74, 6) is 0. The van der Waals surface area contributed by atoms with Gasteiger partial charge in [0.2, 0.25) is 0 Å². The smallest absolute Gasteiger partial charge is 0.0547 e. The van der Waals surface area contributed by atoms with Gasteiger partial charge in [0.05, 0.1) is 11.0 Å².